The highest BCUT2D eigenvalue weighted by atomic mass is 35.5. The van der Waals surface area contributed by atoms with Gasteiger partial charge >= 0.3 is 6.61 Å². The Bertz CT molecular complexity index is 950. The maximum absolute atomic E-state index is 12.4. The topological polar surface area (TPSA) is 32.6 Å². The van der Waals surface area contributed by atoms with Gasteiger partial charge in [-0.05, 0) is 48.4 Å². The number of rotatable bonds is 7. The molecule has 0 spiro atoms. The van der Waals surface area contributed by atoms with Gasteiger partial charge in [0.15, 0.2) is 0 Å². The maximum Gasteiger partial charge on any atom is 0.387 e. The molecule has 0 fully saturated rings. The van der Waals surface area contributed by atoms with E-state index in [1.54, 1.807) is 26.4 Å². The van der Waals surface area contributed by atoms with Crippen LogP contribution in [0.15, 0.2) is 48.7 Å². The molecule has 0 saturated carbocycles. The predicted molar refractivity (Wildman–Crippen MR) is 105 cm³/mol. The van der Waals surface area contributed by atoms with Gasteiger partial charge in [0.2, 0.25) is 0 Å². The van der Waals surface area contributed by atoms with E-state index in [2.05, 4.69) is 4.74 Å². The summed E-state index contributed by atoms with van der Waals surface area (Å²) in [6.45, 7) is -0.437. The van der Waals surface area contributed by atoms with Crippen molar-refractivity contribution < 1.29 is 23.0 Å². The maximum atomic E-state index is 12.4. The molecule has 0 atom stereocenters. The van der Waals surface area contributed by atoms with Crippen molar-refractivity contribution in [1.82, 2.24) is 4.57 Å². The normalized spacial score (nSPS) is 11.0. The molecule has 0 saturated heterocycles. The first-order valence-electron chi connectivity index (χ1n) is 8.54. The summed E-state index contributed by atoms with van der Waals surface area (Å²) in [7, 11) is 3.22. The first-order valence-corrected chi connectivity index (χ1v) is 8.92. The molecule has 0 aliphatic carbocycles. The molecule has 1 heterocycles. The average molecular weight is 408 g/mol. The third-order valence-electron chi connectivity index (χ3n) is 4.28. The Kier molecular flexibility index (Phi) is 6.09. The van der Waals surface area contributed by atoms with E-state index in [9.17, 15) is 8.78 Å². The number of aryl methyl sites for hydroxylation is 1. The largest absolute Gasteiger partial charge is 0.496 e. The number of hydrogen-bond acceptors (Lipinski definition) is 3. The van der Waals surface area contributed by atoms with Gasteiger partial charge in [-0.25, -0.2) is 0 Å². The van der Waals surface area contributed by atoms with Crippen molar-refractivity contribution in [2.24, 2.45) is 0 Å². The molecular weight excluding hydrogens is 388 g/mol. The molecule has 7 heteroatoms. The van der Waals surface area contributed by atoms with Crippen LogP contribution >= 0.6 is 11.6 Å². The first kappa shape index (κ1) is 20.0. The number of halogens is 3. The first-order chi connectivity index (χ1) is 13.4. The van der Waals surface area contributed by atoms with Crippen LogP contribution < -0.4 is 14.2 Å². The summed E-state index contributed by atoms with van der Waals surface area (Å²) in [6, 6.07) is 12.4. The molecule has 0 radical (unpaired) electrons. The zero-order valence-electron chi connectivity index (χ0n) is 15.7. The van der Waals surface area contributed by atoms with Crippen LogP contribution in [0.2, 0.25) is 5.02 Å². The SMILES string of the molecule is COc1cccc(OC)c1-c1cc(C)cn1Cc1ccc(OC(F)F)c(Cl)c1. The van der Waals surface area contributed by atoms with Crippen molar-refractivity contribution in [3.63, 3.8) is 0 Å². The molecule has 28 heavy (non-hydrogen) atoms. The van der Waals surface area contributed by atoms with Gasteiger partial charge in [0.05, 0.1) is 30.5 Å². The van der Waals surface area contributed by atoms with E-state index >= 15 is 0 Å². The molecule has 3 aromatic rings. The van der Waals surface area contributed by atoms with E-state index in [1.807, 2.05) is 42.0 Å². The lowest BCUT2D eigenvalue weighted by Gasteiger charge is -2.16. The summed E-state index contributed by atoms with van der Waals surface area (Å²) < 4.78 is 42.3. The van der Waals surface area contributed by atoms with Gasteiger partial charge in [-0.1, -0.05) is 23.7 Å². The molecule has 0 unspecified atom stereocenters. The number of methoxy groups -OCH3 is 2. The molecule has 148 valence electrons. The third kappa shape index (κ3) is 4.22. The molecular formula is C21H20ClF2NO3. The van der Waals surface area contributed by atoms with Crippen LogP contribution in [0.1, 0.15) is 11.1 Å². The molecule has 1 aromatic heterocycles. The third-order valence-corrected chi connectivity index (χ3v) is 4.58. The molecule has 0 aliphatic rings. The number of benzene rings is 2. The number of alkyl halides is 2. The van der Waals surface area contributed by atoms with Crippen molar-refractivity contribution in [2.45, 2.75) is 20.1 Å². The summed E-state index contributed by atoms with van der Waals surface area (Å²) in [5, 5.41) is 0.137. The fourth-order valence-corrected chi connectivity index (χ4v) is 3.38. The van der Waals surface area contributed by atoms with Gasteiger partial charge in [-0.15, -0.1) is 0 Å². The lowest BCUT2D eigenvalue weighted by atomic mass is 10.1. The van der Waals surface area contributed by atoms with E-state index in [0.717, 1.165) is 22.4 Å². The molecule has 2 aromatic carbocycles. The highest BCUT2D eigenvalue weighted by Gasteiger charge is 2.17. The highest BCUT2D eigenvalue weighted by molar-refractivity contribution is 6.32. The van der Waals surface area contributed by atoms with Gasteiger partial charge in [-0.3, -0.25) is 0 Å². The highest BCUT2D eigenvalue weighted by Crippen LogP contribution is 2.39. The Labute approximate surface area is 167 Å². The second-order valence-electron chi connectivity index (χ2n) is 6.21. The number of hydrogen-bond donors (Lipinski definition) is 0. The van der Waals surface area contributed by atoms with Crippen molar-refractivity contribution in [3.05, 3.63) is 64.8 Å². The van der Waals surface area contributed by atoms with Crippen molar-refractivity contribution in [2.75, 3.05) is 14.2 Å². The molecule has 0 bridgehead atoms. The zero-order chi connectivity index (χ0) is 20.3. The average Bonchev–Trinajstić information content (AvgIpc) is 3.02. The van der Waals surface area contributed by atoms with Crippen LogP contribution in [0.25, 0.3) is 11.3 Å². The summed E-state index contributed by atoms with van der Waals surface area (Å²) in [6.07, 6.45) is 2.00. The minimum atomic E-state index is -2.92. The minimum Gasteiger partial charge on any atom is -0.496 e. The fourth-order valence-electron chi connectivity index (χ4n) is 3.13. The summed E-state index contributed by atoms with van der Waals surface area (Å²) in [5.74, 6) is 1.34. The molecule has 3 rings (SSSR count). The van der Waals surface area contributed by atoms with Crippen LogP contribution in [-0.2, 0) is 6.54 Å². The van der Waals surface area contributed by atoms with Gasteiger partial charge in [-0.2, -0.15) is 8.78 Å². The number of nitrogens with zero attached hydrogens (tertiary/aromatic N) is 1. The second kappa shape index (κ2) is 8.52. The molecule has 0 aliphatic heterocycles. The minimum absolute atomic E-state index is 0.0456. The Hall–Kier alpha value is -2.73. The molecule has 0 N–H and O–H groups in total. The van der Waals surface area contributed by atoms with Gasteiger partial charge in [0.1, 0.15) is 17.2 Å². The lowest BCUT2D eigenvalue weighted by molar-refractivity contribution is -0.0497. The van der Waals surface area contributed by atoms with Crippen LogP contribution in [0.4, 0.5) is 8.78 Å². The number of aromatic nitrogens is 1. The van der Waals surface area contributed by atoms with Gasteiger partial charge in [0.25, 0.3) is 0 Å². The van der Waals surface area contributed by atoms with Crippen LogP contribution in [0.3, 0.4) is 0 Å². The lowest BCUT2D eigenvalue weighted by Crippen LogP contribution is -2.04. The quantitative estimate of drug-likeness (QED) is 0.497. The van der Waals surface area contributed by atoms with Crippen molar-refractivity contribution in [3.8, 4) is 28.5 Å². The van der Waals surface area contributed by atoms with Crippen molar-refractivity contribution in [1.29, 1.82) is 0 Å². The van der Waals surface area contributed by atoms with Crippen molar-refractivity contribution >= 4 is 11.6 Å². The van der Waals surface area contributed by atoms with Gasteiger partial charge in [0, 0.05) is 12.7 Å². The van der Waals surface area contributed by atoms with Crippen LogP contribution in [0.5, 0.6) is 17.2 Å². The van der Waals surface area contributed by atoms with E-state index in [-0.39, 0.29) is 10.8 Å². The van der Waals surface area contributed by atoms with E-state index in [0.29, 0.717) is 18.0 Å². The smallest absolute Gasteiger partial charge is 0.387 e. The standard InChI is InChI=1S/C21H20ClF2NO3/c1-13-9-16(20-18(26-2)5-4-6-19(20)27-3)25(11-13)12-14-7-8-17(15(22)10-14)28-21(23)24/h4-11,21H,12H2,1-3H3. The van der Waals surface area contributed by atoms with E-state index in [4.69, 9.17) is 21.1 Å². The van der Waals surface area contributed by atoms with Crippen LogP contribution in [0, 0.1) is 6.92 Å². The Morgan fingerprint density at radius 1 is 1.00 bits per heavy atom. The second-order valence-corrected chi connectivity index (χ2v) is 6.62. The fraction of sp³-hybridized carbons (Fsp3) is 0.238. The Balaban J connectivity index is 2.00. The van der Waals surface area contributed by atoms with Gasteiger partial charge < -0.3 is 18.8 Å². The number of ether oxygens (including phenoxy) is 3. The Morgan fingerprint density at radius 3 is 2.25 bits per heavy atom. The molecule has 4 nitrogen and oxygen atoms in total. The predicted octanol–water partition coefficient (Wildman–Crippen LogP) is 5.78. The monoisotopic (exact) mass is 407 g/mol. The van der Waals surface area contributed by atoms with E-state index in [1.165, 1.54) is 6.07 Å². The van der Waals surface area contributed by atoms with E-state index < -0.39 is 6.61 Å². The zero-order valence-corrected chi connectivity index (χ0v) is 16.5. The summed E-state index contributed by atoms with van der Waals surface area (Å²) in [4.78, 5) is 0. The summed E-state index contributed by atoms with van der Waals surface area (Å²) >= 11 is 6.09. The molecule has 0 amide bonds. The Morgan fingerprint density at radius 2 is 1.68 bits per heavy atom. The summed E-state index contributed by atoms with van der Waals surface area (Å²) in [5.41, 5.74) is 3.66. The van der Waals surface area contributed by atoms with Crippen LogP contribution in [-0.4, -0.2) is 25.4 Å².